The minimum atomic E-state index is -0.573. The second-order valence-electron chi connectivity index (χ2n) is 5.56. The van der Waals surface area contributed by atoms with Gasteiger partial charge in [0.05, 0.1) is 11.1 Å². The number of aliphatic hydroxyl groups excluding tert-OH is 1. The van der Waals surface area contributed by atoms with Crippen LogP contribution in [0.4, 0.5) is 0 Å². The van der Waals surface area contributed by atoms with E-state index in [1.54, 1.807) is 6.20 Å². The van der Waals surface area contributed by atoms with Gasteiger partial charge in [0, 0.05) is 18.2 Å². The quantitative estimate of drug-likeness (QED) is 0.923. The third kappa shape index (κ3) is 2.32. The number of nitrogens with zero attached hydrogens (tertiary/aromatic N) is 1. The molecule has 1 aliphatic rings. The molecule has 3 heteroatoms. The first-order chi connectivity index (χ1) is 9.75. The zero-order valence-electron chi connectivity index (χ0n) is 11.9. The molecule has 3 nitrogen and oxygen atoms in total. The molecule has 1 aromatic carbocycles. The van der Waals surface area contributed by atoms with Gasteiger partial charge < -0.3 is 9.84 Å². The molecule has 1 atom stereocenters. The second-order valence-corrected chi connectivity index (χ2v) is 5.56. The average Bonchev–Trinajstić information content (AvgIpc) is 2.96. The molecule has 1 fully saturated rings. The van der Waals surface area contributed by atoms with Crippen LogP contribution in [0, 0.1) is 0 Å². The molecule has 2 aromatic rings. The first kappa shape index (κ1) is 13.5. The Morgan fingerprint density at radius 1 is 1.30 bits per heavy atom. The van der Waals surface area contributed by atoms with Crippen molar-refractivity contribution in [3.8, 4) is 0 Å². The van der Waals surface area contributed by atoms with Gasteiger partial charge in [-0.05, 0) is 37.5 Å². The van der Waals surface area contributed by atoms with Crippen LogP contribution in [-0.4, -0.2) is 22.3 Å². The van der Waals surface area contributed by atoms with Crippen molar-refractivity contribution in [1.82, 2.24) is 4.98 Å². The maximum atomic E-state index is 10.8. The molecule has 1 unspecified atom stereocenters. The maximum absolute atomic E-state index is 10.8. The Bertz CT molecular complexity index is 590. The number of ether oxygens (including phenoxy) is 1. The van der Waals surface area contributed by atoms with Crippen molar-refractivity contribution in [2.24, 2.45) is 0 Å². The van der Waals surface area contributed by atoms with Crippen LogP contribution in [0.5, 0.6) is 0 Å². The van der Waals surface area contributed by atoms with Crippen LogP contribution in [0.15, 0.2) is 36.5 Å². The minimum absolute atomic E-state index is 0.406. The van der Waals surface area contributed by atoms with E-state index < -0.39 is 11.7 Å². The Morgan fingerprint density at radius 2 is 2.10 bits per heavy atom. The highest BCUT2D eigenvalue weighted by Gasteiger charge is 2.42. The van der Waals surface area contributed by atoms with Gasteiger partial charge in [0.2, 0.25) is 0 Å². The van der Waals surface area contributed by atoms with Gasteiger partial charge in [-0.1, -0.05) is 31.0 Å². The van der Waals surface area contributed by atoms with Gasteiger partial charge in [-0.15, -0.1) is 0 Å². The molecule has 1 heterocycles. The van der Waals surface area contributed by atoms with Crippen molar-refractivity contribution in [3.63, 3.8) is 0 Å². The molecule has 0 radical (unpaired) electrons. The molecule has 1 N–H and O–H groups in total. The van der Waals surface area contributed by atoms with Crippen LogP contribution in [-0.2, 0) is 4.74 Å². The summed E-state index contributed by atoms with van der Waals surface area (Å²) >= 11 is 0. The van der Waals surface area contributed by atoms with Crippen molar-refractivity contribution < 1.29 is 9.84 Å². The van der Waals surface area contributed by atoms with Crippen LogP contribution < -0.4 is 0 Å². The zero-order chi connectivity index (χ0) is 14.0. The maximum Gasteiger partial charge on any atom is 0.108 e. The third-order valence-corrected chi connectivity index (χ3v) is 4.33. The number of aromatic nitrogens is 1. The summed E-state index contributed by atoms with van der Waals surface area (Å²) in [7, 11) is 0. The summed E-state index contributed by atoms with van der Waals surface area (Å²) in [5, 5.41) is 11.9. The first-order valence-electron chi connectivity index (χ1n) is 7.42. The van der Waals surface area contributed by atoms with Gasteiger partial charge in [-0.3, -0.25) is 4.98 Å². The predicted octanol–water partition coefficient (Wildman–Crippen LogP) is 3.62. The van der Waals surface area contributed by atoms with E-state index in [9.17, 15) is 5.11 Å². The Hall–Kier alpha value is -1.45. The van der Waals surface area contributed by atoms with E-state index in [0.717, 1.165) is 42.1 Å². The SMILES string of the molecule is CCOC1(C(O)c2ccc3cccnc3c2)CCCC1. The lowest BCUT2D eigenvalue weighted by Gasteiger charge is -2.34. The minimum Gasteiger partial charge on any atom is -0.385 e. The largest absolute Gasteiger partial charge is 0.385 e. The Kier molecular flexibility index (Phi) is 3.72. The second kappa shape index (κ2) is 5.51. The molecule has 20 heavy (non-hydrogen) atoms. The fraction of sp³-hybridized carbons (Fsp3) is 0.471. The van der Waals surface area contributed by atoms with Crippen LogP contribution >= 0.6 is 0 Å². The van der Waals surface area contributed by atoms with Crippen molar-refractivity contribution in [3.05, 3.63) is 42.1 Å². The first-order valence-corrected chi connectivity index (χ1v) is 7.42. The van der Waals surface area contributed by atoms with Gasteiger partial charge in [0.15, 0.2) is 0 Å². The zero-order valence-corrected chi connectivity index (χ0v) is 11.9. The summed E-state index contributed by atoms with van der Waals surface area (Å²) in [6.45, 7) is 2.64. The molecule has 0 amide bonds. The molecular weight excluding hydrogens is 250 g/mol. The summed E-state index contributed by atoms with van der Waals surface area (Å²) in [4.78, 5) is 4.37. The van der Waals surface area contributed by atoms with Gasteiger partial charge in [0.25, 0.3) is 0 Å². The summed E-state index contributed by atoms with van der Waals surface area (Å²) in [5.74, 6) is 0. The molecule has 106 valence electrons. The van der Waals surface area contributed by atoms with E-state index in [0.29, 0.717) is 6.61 Å². The van der Waals surface area contributed by atoms with E-state index in [4.69, 9.17) is 4.74 Å². The van der Waals surface area contributed by atoms with Crippen molar-refractivity contribution >= 4 is 10.9 Å². The van der Waals surface area contributed by atoms with Gasteiger partial charge in [0.1, 0.15) is 6.10 Å². The van der Waals surface area contributed by atoms with Crippen LogP contribution in [0.1, 0.15) is 44.3 Å². The number of benzene rings is 1. The van der Waals surface area contributed by atoms with E-state index in [1.807, 2.05) is 37.3 Å². The molecule has 0 saturated heterocycles. The summed E-state index contributed by atoms with van der Waals surface area (Å²) in [6, 6.07) is 9.96. The molecule has 0 spiro atoms. The fourth-order valence-electron chi connectivity index (χ4n) is 3.31. The van der Waals surface area contributed by atoms with Crippen LogP contribution in [0.2, 0.25) is 0 Å². The highest BCUT2D eigenvalue weighted by atomic mass is 16.5. The number of rotatable bonds is 4. The van der Waals surface area contributed by atoms with Crippen molar-refractivity contribution in [1.29, 1.82) is 0 Å². The number of aliphatic hydroxyl groups is 1. The summed E-state index contributed by atoms with van der Waals surface area (Å²) < 4.78 is 5.95. The lowest BCUT2D eigenvalue weighted by atomic mass is 9.88. The smallest absolute Gasteiger partial charge is 0.108 e. The average molecular weight is 271 g/mol. The number of fused-ring (bicyclic) bond motifs is 1. The Morgan fingerprint density at radius 3 is 2.85 bits per heavy atom. The monoisotopic (exact) mass is 271 g/mol. The molecule has 1 saturated carbocycles. The highest BCUT2D eigenvalue weighted by molar-refractivity contribution is 5.79. The van der Waals surface area contributed by atoms with Gasteiger partial charge in [-0.2, -0.15) is 0 Å². The molecule has 3 rings (SSSR count). The van der Waals surface area contributed by atoms with E-state index in [1.165, 1.54) is 0 Å². The number of pyridine rings is 1. The van der Waals surface area contributed by atoms with Crippen LogP contribution in [0.3, 0.4) is 0 Å². The molecule has 0 aliphatic heterocycles. The van der Waals surface area contributed by atoms with E-state index in [2.05, 4.69) is 4.98 Å². The predicted molar refractivity (Wildman–Crippen MR) is 79.5 cm³/mol. The molecule has 1 aromatic heterocycles. The molecule has 0 bridgehead atoms. The van der Waals surface area contributed by atoms with Crippen molar-refractivity contribution in [2.45, 2.75) is 44.3 Å². The van der Waals surface area contributed by atoms with E-state index >= 15 is 0 Å². The topological polar surface area (TPSA) is 42.4 Å². The third-order valence-electron chi connectivity index (χ3n) is 4.33. The lowest BCUT2D eigenvalue weighted by Crippen LogP contribution is -2.36. The normalized spacial score (nSPS) is 19.3. The van der Waals surface area contributed by atoms with E-state index in [-0.39, 0.29) is 0 Å². The van der Waals surface area contributed by atoms with Gasteiger partial charge in [-0.25, -0.2) is 0 Å². The Labute approximate surface area is 119 Å². The Balaban J connectivity index is 1.96. The van der Waals surface area contributed by atoms with Gasteiger partial charge >= 0.3 is 0 Å². The summed E-state index contributed by atoms with van der Waals surface area (Å²) in [6.07, 6.45) is 5.33. The highest BCUT2D eigenvalue weighted by Crippen LogP contribution is 2.43. The molecule has 1 aliphatic carbocycles. The number of hydrogen-bond acceptors (Lipinski definition) is 3. The van der Waals surface area contributed by atoms with Crippen LogP contribution in [0.25, 0.3) is 10.9 Å². The number of hydrogen-bond donors (Lipinski definition) is 1. The van der Waals surface area contributed by atoms with Crippen molar-refractivity contribution in [2.75, 3.05) is 6.61 Å². The molecular formula is C17H21NO2. The standard InChI is InChI=1S/C17H21NO2/c1-2-20-17(9-3-4-10-17)16(19)14-8-7-13-6-5-11-18-15(13)12-14/h5-8,11-12,16,19H,2-4,9-10H2,1H3. The fourth-order valence-corrected chi connectivity index (χ4v) is 3.31. The summed E-state index contributed by atoms with van der Waals surface area (Å²) in [5.41, 5.74) is 1.43. The lowest BCUT2D eigenvalue weighted by molar-refractivity contribution is -0.118.